The quantitative estimate of drug-likeness (QED) is 0.594. The lowest BCUT2D eigenvalue weighted by Gasteiger charge is -2.04. The van der Waals surface area contributed by atoms with E-state index in [1.165, 1.54) is 0 Å². The predicted molar refractivity (Wildman–Crippen MR) is 55.6 cm³/mol. The highest BCUT2D eigenvalue weighted by Crippen LogP contribution is 1.89. The monoisotopic (exact) mass is 222 g/mol. The Morgan fingerprint density at radius 2 is 2.07 bits per heavy atom. The summed E-state index contributed by atoms with van der Waals surface area (Å²) in [6.07, 6.45) is 0.995. The molecule has 0 aliphatic rings. The number of carbonyl (C=O) groups is 1. The molecule has 14 heavy (non-hydrogen) atoms. The van der Waals surface area contributed by atoms with E-state index in [1.807, 2.05) is 0 Å². The highest BCUT2D eigenvalue weighted by atomic mass is 32.2. The van der Waals surface area contributed by atoms with Gasteiger partial charge in [-0.05, 0) is 13.0 Å². The molecule has 0 bridgehead atoms. The number of hydrogen-bond donors (Lipinski definition) is 2. The molecule has 0 spiro atoms. The molecule has 0 fully saturated rings. The first kappa shape index (κ1) is 13.4. The van der Waals surface area contributed by atoms with Crippen molar-refractivity contribution in [3.8, 4) is 0 Å². The summed E-state index contributed by atoms with van der Waals surface area (Å²) in [6.45, 7) is 2.26. The molecule has 0 aliphatic heterocycles. The van der Waals surface area contributed by atoms with Crippen LogP contribution >= 0.6 is 0 Å². The molecule has 84 valence electrons. The lowest BCUT2D eigenvalue weighted by atomic mass is 10.3. The second-order valence-corrected chi connectivity index (χ2v) is 5.45. The smallest absolute Gasteiger partial charge is 0.220 e. The molecule has 0 radical (unpaired) electrons. The molecule has 0 saturated carbocycles. The van der Waals surface area contributed by atoms with Crippen LogP contribution < -0.4 is 11.1 Å². The molecule has 0 aromatic carbocycles. The summed E-state index contributed by atoms with van der Waals surface area (Å²) in [5.41, 5.74) is 5.22. The highest BCUT2D eigenvalue weighted by molar-refractivity contribution is 7.91. The van der Waals surface area contributed by atoms with Crippen LogP contribution in [0.2, 0.25) is 0 Å². The first-order valence-corrected chi connectivity index (χ1v) is 6.51. The second kappa shape index (κ2) is 6.78. The van der Waals surface area contributed by atoms with Gasteiger partial charge in [-0.3, -0.25) is 4.79 Å². The molecule has 6 heteroatoms. The molecule has 1 amide bonds. The van der Waals surface area contributed by atoms with Crippen molar-refractivity contribution in [3.63, 3.8) is 0 Å². The lowest BCUT2D eigenvalue weighted by Crippen LogP contribution is -2.29. The van der Waals surface area contributed by atoms with Gasteiger partial charge in [-0.15, -0.1) is 0 Å². The van der Waals surface area contributed by atoms with Crippen molar-refractivity contribution in [1.29, 1.82) is 0 Å². The van der Waals surface area contributed by atoms with Crippen LogP contribution in [0.25, 0.3) is 0 Å². The van der Waals surface area contributed by atoms with Gasteiger partial charge in [-0.25, -0.2) is 8.42 Å². The Morgan fingerprint density at radius 1 is 1.43 bits per heavy atom. The standard InChI is InChI=1S/C8H18N2O3S/c1-2-14(12,13)7-6-10-8(11)4-3-5-9/h2-7,9H2,1H3,(H,10,11). The number of carbonyl (C=O) groups excluding carboxylic acids is 1. The largest absolute Gasteiger partial charge is 0.355 e. The second-order valence-electron chi connectivity index (χ2n) is 2.98. The normalized spacial score (nSPS) is 11.3. The Balaban J connectivity index is 3.59. The Labute approximate surface area is 85.0 Å². The van der Waals surface area contributed by atoms with Gasteiger partial charge in [-0.2, -0.15) is 0 Å². The highest BCUT2D eigenvalue weighted by Gasteiger charge is 2.07. The number of nitrogens with two attached hydrogens (primary N) is 1. The van der Waals surface area contributed by atoms with Crippen molar-refractivity contribution in [2.45, 2.75) is 19.8 Å². The fourth-order valence-electron chi connectivity index (χ4n) is 0.841. The third-order valence-electron chi connectivity index (χ3n) is 1.78. The number of amides is 1. The Hall–Kier alpha value is -0.620. The summed E-state index contributed by atoms with van der Waals surface area (Å²) in [5.74, 6) is -0.00876. The Kier molecular flexibility index (Phi) is 6.48. The van der Waals surface area contributed by atoms with Crippen LogP contribution in [0.4, 0.5) is 0 Å². The minimum absolute atomic E-state index is 0.0118. The van der Waals surface area contributed by atoms with E-state index in [9.17, 15) is 13.2 Å². The molecule has 0 rings (SSSR count). The van der Waals surface area contributed by atoms with Gasteiger partial charge >= 0.3 is 0 Å². The van der Waals surface area contributed by atoms with Crippen molar-refractivity contribution in [3.05, 3.63) is 0 Å². The molecule has 0 aliphatic carbocycles. The molecule has 5 nitrogen and oxygen atoms in total. The summed E-state index contributed by atoms with van der Waals surface area (Å²) < 4.78 is 22.0. The van der Waals surface area contributed by atoms with Gasteiger partial charge in [0.25, 0.3) is 0 Å². The van der Waals surface area contributed by atoms with Crippen molar-refractivity contribution in [2.24, 2.45) is 5.73 Å². The van der Waals surface area contributed by atoms with Crippen molar-refractivity contribution in [1.82, 2.24) is 5.32 Å². The van der Waals surface area contributed by atoms with E-state index >= 15 is 0 Å². The van der Waals surface area contributed by atoms with Gasteiger partial charge in [0.05, 0.1) is 5.75 Å². The van der Waals surface area contributed by atoms with E-state index in [4.69, 9.17) is 5.73 Å². The number of rotatable bonds is 7. The van der Waals surface area contributed by atoms with E-state index in [-0.39, 0.29) is 24.0 Å². The van der Waals surface area contributed by atoms with Crippen molar-refractivity contribution >= 4 is 15.7 Å². The topological polar surface area (TPSA) is 89.3 Å². The predicted octanol–water partition coefficient (Wildman–Crippen LogP) is -0.724. The summed E-state index contributed by atoms with van der Waals surface area (Å²) in [7, 11) is -2.98. The summed E-state index contributed by atoms with van der Waals surface area (Å²) in [5, 5.41) is 2.53. The number of sulfone groups is 1. The number of hydrogen-bond acceptors (Lipinski definition) is 4. The van der Waals surface area contributed by atoms with Crippen LogP contribution in [0, 0.1) is 0 Å². The van der Waals surface area contributed by atoms with Gasteiger partial charge in [0, 0.05) is 18.7 Å². The van der Waals surface area contributed by atoms with E-state index < -0.39 is 9.84 Å². The maximum atomic E-state index is 11.0. The summed E-state index contributed by atoms with van der Waals surface area (Å²) >= 11 is 0. The van der Waals surface area contributed by atoms with Crippen molar-refractivity contribution < 1.29 is 13.2 Å². The SMILES string of the molecule is CCS(=O)(=O)CCNC(=O)CCCN. The van der Waals surface area contributed by atoms with Crippen molar-refractivity contribution in [2.75, 3.05) is 24.6 Å². The van der Waals surface area contributed by atoms with Crippen LogP contribution in [0.1, 0.15) is 19.8 Å². The van der Waals surface area contributed by atoms with Crippen LogP contribution in [0.3, 0.4) is 0 Å². The maximum absolute atomic E-state index is 11.0. The van der Waals surface area contributed by atoms with Gasteiger partial charge in [0.1, 0.15) is 0 Å². The molecule has 0 aromatic heterocycles. The minimum Gasteiger partial charge on any atom is -0.355 e. The number of nitrogens with one attached hydrogen (secondary N) is 1. The van der Waals surface area contributed by atoms with E-state index in [0.717, 1.165) is 0 Å². The zero-order valence-electron chi connectivity index (χ0n) is 8.45. The third-order valence-corrected chi connectivity index (χ3v) is 3.49. The zero-order chi connectivity index (χ0) is 11.0. The third kappa shape index (κ3) is 6.85. The average Bonchev–Trinajstić information content (AvgIpc) is 2.14. The van der Waals surface area contributed by atoms with Crippen LogP contribution in [-0.4, -0.2) is 38.9 Å². The molecule has 0 aromatic rings. The molecular weight excluding hydrogens is 204 g/mol. The molecule has 3 N–H and O–H groups in total. The van der Waals surface area contributed by atoms with Crippen LogP contribution in [0.5, 0.6) is 0 Å². The molecule has 0 heterocycles. The first-order chi connectivity index (χ1) is 6.52. The van der Waals surface area contributed by atoms with Gasteiger partial charge in [0.15, 0.2) is 9.84 Å². The first-order valence-electron chi connectivity index (χ1n) is 4.69. The van der Waals surface area contributed by atoms with Crippen LogP contribution in [-0.2, 0) is 14.6 Å². The van der Waals surface area contributed by atoms with Gasteiger partial charge in [-0.1, -0.05) is 6.92 Å². The molecule has 0 saturated heterocycles. The minimum atomic E-state index is -2.98. The fourth-order valence-corrected chi connectivity index (χ4v) is 1.54. The fraction of sp³-hybridized carbons (Fsp3) is 0.875. The zero-order valence-corrected chi connectivity index (χ0v) is 9.27. The summed E-state index contributed by atoms with van der Waals surface area (Å²) in [6, 6.07) is 0. The van der Waals surface area contributed by atoms with E-state index in [1.54, 1.807) is 6.92 Å². The van der Waals surface area contributed by atoms with E-state index in [0.29, 0.717) is 19.4 Å². The molecule has 0 atom stereocenters. The Bertz CT molecular complexity index is 262. The average molecular weight is 222 g/mol. The lowest BCUT2D eigenvalue weighted by molar-refractivity contribution is -0.121. The van der Waals surface area contributed by atoms with Crippen LogP contribution in [0.15, 0.2) is 0 Å². The molecule has 0 unspecified atom stereocenters. The van der Waals surface area contributed by atoms with Gasteiger partial charge in [0.2, 0.25) is 5.91 Å². The van der Waals surface area contributed by atoms with Gasteiger partial charge < -0.3 is 11.1 Å². The molecular formula is C8H18N2O3S. The van der Waals surface area contributed by atoms with E-state index in [2.05, 4.69) is 5.32 Å². The Morgan fingerprint density at radius 3 is 2.57 bits per heavy atom. The summed E-state index contributed by atoms with van der Waals surface area (Å²) in [4.78, 5) is 11.0. The maximum Gasteiger partial charge on any atom is 0.220 e.